The summed E-state index contributed by atoms with van der Waals surface area (Å²) < 4.78 is 15.6. The molecule has 0 aliphatic heterocycles. The van der Waals surface area contributed by atoms with Crippen LogP contribution in [0.4, 0.5) is 15.8 Å². The molecule has 0 radical (unpaired) electrons. The molecule has 1 aliphatic carbocycles. The van der Waals surface area contributed by atoms with Gasteiger partial charge in [0.1, 0.15) is 17.2 Å². The Morgan fingerprint density at radius 1 is 1.24 bits per heavy atom. The number of hydrogen-bond acceptors (Lipinski definition) is 4. The van der Waals surface area contributed by atoms with Crippen LogP contribution in [-0.4, -0.2) is 15.6 Å². The summed E-state index contributed by atoms with van der Waals surface area (Å²) in [5, 5.41) is 7.84. The Bertz CT molecular complexity index is 1160. The molecule has 1 aliphatic rings. The van der Waals surface area contributed by atoms with Gasteiger partial charge in [-0.3, -0.25) is 9.59 Å². The summed E-state index contributed by atoms with van der Waals surface area (Å²) in [5.74, 6) is -0.477. The first-order chi connectivity index (χ1) is 13.9. The number of nitrogens with zero attached hydrogens (tertiary/aromatic N) is 2. The Morgan fingerprint density at radius 3 is 2.66 bits per heavy atom. The number of benzene rings is 2. The van der Waals surface area contributed by atoms with E-state index in [1.807, 2.05) is 0 Å². The zero-order valence-electron chi connectivity index (χ0n) is 15.8. The lowest BCUT2D eigenvalue weighted by Gasteiger charge is -2.17. The van der Waals surface area contributed by atoms with Crippen molar-refractivity contribution in [2.45, 2.75) is 26.3 Å². The standard InChI is InChI=1S/C22H19ClFN3O2/c1-13(28)19-20(15-5-4-6-16(23)11-15)26-27(12-14-9-10-14)22(29)21(19)25-18-8-3-2-7-17(18)24/h2-8,11,14,25H,9-10,12H2,1H3. The Labute approximate surface area is 172 Å². The monoisotopic (exact) mass is 411 g/mol. The minimum Gasteiger partial charge on any atom is -0.348 e. The highest BCUT2D eigenvalue weighted by molar-refractivity contribution is 6.30. The third-order valence-corrected chi connectivity index (χ3v) is 5.10. The number of nitrogens with one attached hydrogen (secondary N) is 1. The molecule has 0 atom stereocenters. The SMILES string of the molecule is CC(=O)c1c(-c2cccc(Cl)c2)nn(CC2CC2)c(=O)c1Nc1ccccc1F. The number of aromatic nitrogens is 2. The van der Waals surface area contributed by atoms with Crippen LogP contribution in [0.5, 0.6) is 0 Å². The zero-order valence-corrected chi connectivity index (χ0v) is 16.5. The van der Waals surface area contributed by atoms with Crippen LogP contribution in [0.25, 0.3) is 11.3 Å². The molecule has 1 aromatic heterocycles. The number of carbonyl (C=O) groups is 1. The van der Waals surface area contributed by atoms with E-state index in [0.29, 0.717) is 28.7 Å². The van der Waals surface area contributed by atoms with E-state index in [2.05, 4.69) is 10.4 Å². The number of ketones is 1. The van der Waals surface area contributed by atoms with Crippen molar-refractivity contribution >= 4 is 28.8 Å². The van der Waals surface area contributed by atoms with E-state index >= 15 is 0 Å². The quantitative estimate of drug-likeness (QED) is 0.576. The number of para-hydroxylation sites is 1. The van der Waals surface area contributed by atoms with Crippen LogP contribution in [-0.2, 0) is 6.54 Å². The maximum Gasteiger partial charge on any atom is 0.291 e. The van der Waals surface area contributed by atoms with Crippen molar-refractivity contribution in [3.8, 4) is 11.3 Å². The Hall–Kier alpha value is -2.99. The molecule has 1 saturated carbocycles. The van der Waals surface area contributed by atoms with E-state index in [0.717, 1.165) is 12.8 Å². The molecule has 0 spiro atoms. The fraction of sp³-hybridized carbons (Fsp3) is 0.227. The summed E-state index contributed by atoms with van der Waals surface area (Å²) >= 11 is 6.14. The van der Waals surface area contributed by atoms with Gasteiger partial charge in [-0.2, -0.15) is 5.10 Å². The first kappa shape index (κ1) is 19.3. The molecule has 0 saturated heterocycles. The maximum absolute atomic E-state index is 14.2. The largest absolute Gasteiger partial charge is 0.348 e. The van der Waals surface area contributed by atoms with Gasteiger partial charge in [-0.15, -0.1) is 0 Å². The molecule has 0 unspecified atom stereocenters. The van der Waals surface area contributed by atoms with Gasteiger partial charge in [0.15, 0.2) is 5.78 Å². The normalized spacial score (nSPS) is 13.3. The molecular weight excluding hydrogens is 393 g/mol. The van der Waals surface area contributed by atoms with E-state index in [9.17, 15) is 14.0 Å². The summed E-state index contributed by atoms with van der Waals surface area (Å²) in [4.78, 5) is 25.7. The fourth-order valence-corrected chi connectivity index (χ4v) is 3.42. The van der Waals surface area contributed by atoms with Gasteiger partial charge in [0.25, 0.3) is 5.56 Å². The first-order valence-electron chi connectivity index (χ1n) is 9.37. The van der Waals surface area contributed by atoms with E-state index in [1.54, 1.807) is 36.4 Å². The third kappa shape index (κ3) is 4.07. The van der Waals surface area contributed by atoms with Crippen molar-refractivity contribution in [1.82, 2.24) is 9.78 Å². The van der Waals surface area contributed by atoms with Crippen LogP contribution in [0.3, 0.4) is 0 Å². The molecule has 1 fully saturated rings. The number of Topliss-reactive ketones (excluding diaryl/α,β-unsaturated/α-hetero) is 1. The number of anilines is 2. The Morgan fingerprint density at radius 2 is 2.00 bits per heavy atom. The molecule has 7 heteroatoms. The van der Waals surface area contributed by atoms with Crippen molar-refractivity contribution in [3.63, 3.8) is 0 Å². The van der Waals surface area contributed by atoms with Gasteiger partial charge in [0.05, 0.1) is 11.3 Å². The molecule has 0 bridgehead atoms. The summed E-state index contributed by atoms with van der Waals surface area (Å²) in [6.07, 6.45) is 2.07. The highest BCUT2D eigenvalue weighted by Crippen LogP contribution is 2.32. The minimum absolute atomic E-state index is 0.0215. The highest BCUT2D eigenvalue weighted by Gasteiger charge is 2.27. The lowest BCUT2D eigenvalue weighted by atomic mass is 10.0. The second-order valence-corrected chi connectivity index (χ2v) is 7.64. The second-order valence-electron chi connectivity index (χ2n) is 7.20. The molecule has 0 amide bonds. The van der Waals surface area contributed by atoms with Crippen LogP contribution in [0.15, 0.2) is 53.3 Å². The van der Waals surface area contributed by atoms with Crippen LogP contribution in [0.1, 0.15) is 30.1 Å². The van der Waals surface area contributed by atoms with Crippen LogP contribution in [0.2, 0.25) is 5.02 Å². The highest BCUT2D eigenvalue weighted by atomic mass is 35.5. The molecule has 4 rings (SSSR count). The summed E-state index contributed by atoms with van der Waals surface area (Å²) in [5.41, 5.74) is 0.771. The summed E-state index contributed by atoms with van der Waals surface area (Å²) in [6, 6.07) is 13.0. The smallest absolute Gasteiger partial charge is 0.291 e. The van der Waals surface area contributed by atoms with Crippen molar-refractivity contribution < 1.29 is 9.18 Å². The summed E-state index contributed by atoms with van der Waals surface area (Å²) in [6.45, 7) is 1.82. The van der Waals surface area contributed by atoms with Crippen molar-refractivity contribution in [1.29, 1.82) is 0 Å². The first-order valence-corrected chi connectivity index (χ1v) is 9.75. The van der Waals surface area contributed by atoms with Crippen molar-refractivity contribution in [3.05, 3.63) is 75.3 Å². The number of hydrogen-bond donors (Lipinski definition) is 1. The lowest BCUT2D eigenvalue weighted by molar-refractivity contribution is 0.101. The topological polar surface area (TPSA) is 64.0 Å². The maximum atomic E-state index is 14.2. The predicted molar refractivity (Wildman–Crippen MR) is 111 cm³/mol. The molecule has 3 aromatic rings. The Balaban J connectivity index is 1.96. The molecule has 1 heterocycles. The van der Waals surface area contributed by atoms with Crippen molar-refractivity contribution in [2.75, 3.05) is 5.32 Å². The molecule has 29 heavy (non-hydrogen) atoms. The number of rotatable bonds is 6. The Kier molecular flexibility index (Phi) is 5.20. The van der Waals surface area contributed by atoms with Gasteiger partial charge in [-0.1, -0.05) is 35.9 Å². The second kappa shape index (κ2) is 7.79. The third-order valence-electron chi connectivity index (χ3n) is 4.87. The van der Waals surface area contributed by atoms with Crippen LogP contribution >= 0.6 is 11.6 Å². The number of carbonyl (C=O) groups excluding carboxylic acids is 1. The average Bonchev–Trinajstić information content (AvgIpc) is 3.50. The van der Waals surface area contributed by atoms with E-state index in [4.69, 9.17) is 11.6 Å². The molecule has 5 nitrogen and oxygen atoms in total. The average molecular weight is 412 g/mol. The minimum atomic E-state index is -0.517. The van der Waals surface area contributed by atoms with Gasteiger partial charge < -0.3 is 5.32 Å². The molecular formula is C22H19ClFN3O2. The van der Waals surface area contributed by atoms with Crippen LogP contribution in [0, 0.1) is 11.7 Å². The van der Waals surface area contributed by atoms with Gasteiger partial charge >= 0.3 is 0 Å². The molecule has 1 N–H and O–H groups in total. The van der Waals surface area contributed by atoms with E-state index < -0.39 is 11.4 Å². The number of halogens is 2. The molecule has 2 aromatic carbocycles. The lowest BCUT2D eigenvalue weighted by Crippen LogP contribution is -2.29. The van der Waals surface area contributed by atoms with Gasteiger partial charge in [-0.25, -0.2) is 9.07 Å². The predicted octanol–water partition coefficient (Wildman–Crippen LogP) is 5.06. The van der Waals surface area contributed by atoms with E-state index in [1.165, 1.54) is 23.7 Å². The zero-order chi connectivity index (χ0) is 20.5. The van der Waals surface area contributed by atoms with Crippen molar-refractivity contribution in [2.24, 2.45) is 5.92 Å². The molecule has 148 valence electrons. The van der Waals surface area contributed by atoms with Crippen LogP contribution < -0.4 is 10.9 Å². The fourth-order valence-electron chi connectivity index (χ4n) is 3.23. The van der Waals surface area contributed by atoms with Gasteiger partial charge in [0, 0.05) is 17.1 Å². The van der Waals surface area contributed by atoms with E-state index in [-0.39, 0.29) is 22.7 Å². The van der Waals surface area contributed by atoms with Gasteiger partial charge in [0.2, 0.25) is 0 Å². The summed E-state index contributed by atoms with van der Waals surface area (Å²) in [7, 11) is 0. The van der Waals surface area contributed by atoms with Gasteiger partial charge in [-0.05, 0) is 49.9 Å².